The molecule has 3 aromatic rings. The average molecular weight is 414 g/mol. The van der Waals surface area contributed by atoms with Crippen LogP contribution in [0.15, 0.2) is 64.1 Å². The van der Waals surface area contributed by atoms with Crippen molar-refractivity contribution in [3.05, 3.63) is 86.6 Å². The minimum absolute atomic E-state index is 0.0615. The van der Waals surface area contributed by atoms with Crippen molar-refractivity contribution in [2.45, 2.75) is 0 Å². The molecule has 2 N–H and O–H groups in total. The fourth-order valence-electron chi connectivity index (χ4n) is 2.37. The second kappa shape index (κ2) is 8.36. The number of carboxylic acids is 1. The Bertz CT molecular complexity index is 1120. The number of rotatable bonds is 6. The van der Waals surface area contributed by atoms with Gasteiger partial charge in [0.1, 0.15) is 11.5 Å². The molecule has 2 aromatic carbocycles. The van der Waals surface area contributed by atoms with Gasteiger partial charge in [-0.25, -0.2) is 10.2 Å². The number of nitro benzene ring substituents is 1. The minimum Gasteiger partial charge on any atom is -0.478 e. The highest BCUT2D eigenvalue weighted by Gasteiger charge is 2.12. The first-order chi connectivity index (χ1) is 13.8. The maximum atomic E-state index is 12.0. The van der Waals surface area contributed by atoms with Gasteiger partial charge in [-0.1, -0.05) is 11.6 Å². The first-order valence-corrected chi connectivity index (χ1v) is 8.44. The highest BCUT2D eigenvalue weighted by molar-refractivity contribution is 6.33. The number of aromatic carboxylic acids is 1. The van der Waals surface area contributed by atoms with E-state index >= 15 is 0 Å². The summed E-state index contributed by atoms with van der Waals surface area (Å²) >= 11 is 6.10. The van der Waals surface area contributed by atoms with Crippen LogP contribution in [0.5, 0.6) is 0 Å². The molecular formula is C19H12ClN3O6. The molecule has 0 bridgehead atoms. The summed E-state index contributed by atoms with van der Waals surface area (Å²) in [6, 6.07) is 12.4. The number of carbonyl (C=O) groups is 2. The molecule has 0 atom stereocenters. The Labute approximate surface area is 168 Å². The molecule has 0 aliphatic carbocycles. The van der Waals surface area contributed by atoms with Crippen molar-refractivity contribution in [2.24, 2.45) is 5.10 Å². The van der Waals surface area contributed by atoms with E-state index in [0.717, 1.165) is 0 Å². The molecular weight excluding hydrogens is 402 g/mol. The number of nitrogens with zero attached hydrogens (tertiary/aromatic N) is 2. The molecule has 9 nitrogen and oxygen atoms in total. The van der Waals surface area contributed by atoms with Crippen LogP contribution in [0.3, 0.4) is 0 Å². The predicted octanol–water partition coefficient (Wildman–Crippen LogP) is 3.97. The Morgan fingerprint density at radius 1 is 1.10 bits per heavy atom. The van der Waals surface area contributed by atoms with Gasteiger partial charge in [-0.3, -0.25) is 14.9 Å². The summed E-state index contributed by atoms with van der Waals surface area (Å²) in [5.74, 6) is -1.02. The van der Waals surface area contributed by atoms with Crippen molar-refractivity contribution < 1.29 is 24.0 Å². The lowest BCUT2D eigenvalue weighted by atomic mass is 10.1. The van der Waals surface area contributed by atoms with Gasteiger partial charge in [0.05, 0.1) is 21.7 Å². The average Bonchev–Trinajstić information content (AvgIpc) is 3.16. The number of nitro groups is 1. The molecule has 0 saturated heterocycles. The van der Waals surface area contributed by atoms with Gasteiger partial charge in [0.15, 0.2) is 0 Å². The zero-order valence-electron chi connectivity index (χ0n) is 14.5. The maximum absolute atomic E-state index is 12.0. The number of hydrogen-bond donors (Lipinski definition) is 2. The molecule has 0 saturated carbocycles. The standard InChI is InChI=1S/C19H12ClN3O6/c20-16-7-3-12(19(25)26)9-15(16)17-8-6-14(29-17)10-21-22-18(24)11-1-4-13(5-2-11)23(27)28/h1-10H,(H,22,24)(H,25,26)/b21-10+. The van der Waals surface area contributed by atoms with Gasteiger partial charge >= 0.3 is 5.97 Å². The Balaban J connectivity index is 1.69. The molecule has 3 rings (SSSR count). The highest BCUT2D eigenvalue weighted by atomic mass is 35.5. The zero-order valence-corrected chi connectivity index (χ0v) is 15.3. The lowest BCUT2D eigenvalue weighted by molar-refractivity contribution is -0.384. The molecule has 0 fully saturated rings. The third-order valence-electron chi connectivity index (χ3n) is 3.80. The van der Waals surface area contributed by atoms with Crippen LogP contribution in [-0.4, -0.2) is 28.1 Å². The smallest absolute Gasteiger partial charge is 0.335 e. The second-order valence-electron chi connectivity index (χ2n) is 5.70. The number of carboxylic acid groups (broad SMARTS) is 1. The fraction of sp³-hybridized carbons (Fsp3) is 0. The van der Waals surface area contributed by atoms with E-state index in [1.54, 1.807) is 12.1 Å². The van der Waals surface area contributed by atoms with Crippen LogP contribution in [0.2, 0.25) is 5.02 Å². The van der Waals surface area contributed by atoms with Crippen LogP contribution in [0.4, 0.5) is 5.69 Å². The molecule has 0 aliphatic rings. The number of hydrogen-bond acceptors (Lipinski definition) is 6. The SMILES string of the molecule is O=C(O)c1ccc(Cl)c(-c2ccc(/C=N/NC(=O)c3ccc([N+](=O)[O-])cc3)o2)c1. The summed E-state index contributed by atoms with van der Waals surface area (Å²) < 4.78 is 5.56. The molecule has 0 unspecified atom stereocenters. The quantitative estimate of drug-likeness (QED) is 0.356. The van der Waals surface area contributed by atoms with Crippen molar-refractivity contribution in [1.82, 2.24) is 5.43 Å². The van der Waals surface area contributed by atoms with E-state index < -0.39 is 16.8 Å². The van der Waals surface area contributed by atoms with Crippen molar-refractivity contribution >= 4 is 35.4 Å². The van der Waals surface area contributed by atoms with Crippen LogP contribution in [-0.2, 0) is 0 Å². The molecule has 1 aromatic heterocycles. The van der Waals surface area contributed by atoms with Gasteiger partial charge in [0, 0.05) is 23.3 Å². The number of amides is 1. The van der Waals surface area contributed by atoms with Gasteiger partial charge in [0.25, 0.3) is 11.6 Å². The monoisotopic (exact) mass is 413 g/mol. The van der Waals surface area contributed by atoms with Gasteiger partial charge in [-0.15, -0.1) is 0 Å². The van der Waals surface area contributed by atoms with Gasteiger partial charge in [0.2, 0.25) is 0 Å². The van der Waals surface area contributed by atoms with Crippen LogP contribution in [0.25, 0.3) is 11.3 Å². The minimum atomic E-state index is -1.09. The fourth-order valence-corrected chi connectivity index (χ4v) is 2.58. The number of hydrazone groups is 1. The van der Waals surface area contributed by atoms with E-state index in [1.807, 2.05) is 0 Å². The molecule has 0 radical (unpaired) electrons. The lowest BCUT2D eigenvalue weighted by Crippen LogP contribution is -2.17. The highest BCUT2D eigenvalue weighted by Crippen LogP contribution is 2.30. The van der Waals surface area contributed by atoms with Crippen LogP contribution < -0.4 is 5.43 Å². The zero-order chi connectivity index (χ0) is 21.0. The Hall–Kier alpha value is -3.98. The Kier molecular flexibility index (Phi) is 5.70. The number of non-ortho nitro benzene ring substituents is 1. The predicted molar refractivity (Wildman–Crippen MR) is 104 cm³/mol. The first-order valence-electron chi connectivity index (χ1n) is 8.06. The summed E-state index contributed by atoms with van der Waals surface area (Å²) in [5, 5.41) is 23.8. The van der Waals surface area contributed by atoms with Crippen molar-refractivity contribution in [1.29, 1.82) is 0 Å². The second-order valence-corrected chi connectivity index (χ2v) is 6.11. The third-order valence-corrected chi connectivity index (χ3v) is 4.13. The van der Waals surface area contributed by atoms with Crippen LogP contribution >= 0.6 is 11.6 Å². The van der Waals surface area contributed by atoms with Gasteiger partial charge < -0.3 is 9.52 Å². The van der Waals surface area contributed by atoms with Gasteiger partial charge in [-0.05, 0) is 42.5 Å². The normalized spacial score (nSPS) is 10.8. The molecule has 146 valence electrons. The van der Waals surface area contributed by atoms with E-state index in [2.05, 4.69) is 10.5 Å². The number of benzene rings is 2. The van der Waals surface area contributed by atoms with Crippen molar-refractivity contribution in [3.63, 3.8) is 0 Å². The van der Waals surface area contributed by atoms with E-state index in [0.29, 0.717) is 22.1 Å². The molecule has 10 heteroatoms. The molecule has 29 heavy (non-hydrogen) atoms. The Morgan fingerprint density at radius 3 is 2.45 bits per heavy atom. The number of nitrogens with one attached hydrogen (secondary N) is 1. The van der Waals surface area contributed by atoms with E-state index in [-0.39, 0.29) is 16.8 Å². The topological polar surface area (TPSA) is 135 Å². The number of furan rings is 1. The molecule has 1 amide bonds. The summed E-state index contributed by atoms with van der Waals surface area (Å²) in [6.07, 6.45) is 1.25. The largest absolute Gasteiger partial charge is 0.478 e. The van der Waals surface area contributed by atoms with Gasteiger partial charge in [-0.2, -0.15) is 5.10 Å². The molecule has 0 spiro atoms. The number of halogens is 1. The summed E-state index contributed by atoms with van der Waals surface area (Å²) in [4.78, 5) is 33.2. The molecule has 1 heterocycles. The van der Waals surface area contributed by atoms with E-state index in [4.69, 9.17) is 21.1 Å². The Morgan fingerprint density at radius 2 is 1.79 bits per heavy atom. The lowest BCUT2D eigenvalue weighted by Gasteiger charge is -2.02. The first kappa shape index (κ1) is 19.8. The summed E-state index contributed by atoms with van der Waals surface area (Å²) in [5.41, 5.74) is 2.82. The van der Waals surface area contributed by atoms with Crippen molar-refractivity contribution in [2.75, 3.05) is 0 Å². The summed E-state index contributed by atoms with van der Waals surface area (Å²) in [6.45, 7) is 0. The van der Waals surface area contributed by atoms with E-state index in [9.17, 15) is 19.7 Å². The van der Waals surface area contributed by atoms with E-state index in [1.165, 1.54) is 48.7 Å². The third kappa shape index (κ3) is 4.66. The van der Waals surface area contributed by atoms with Crippen LogP contribution in [0.1, 0.15) is 26.5 Å². The number of carbonyl (C=O) groups excluding carboxylic acids is 1. The maximum Gasteiger partial charge on any atom is 0.335 e. The van der Waals surface area contributed by atoms with Crippen molar-refractivity contribution in [3.8, 4) is 11.3 Å². The molecule has 0 aliphatic heterocycles. The summed E-state index contributed by atoms with van der Waals surface area (Å²) in [7, 11) is 0. The van der Waals surface area contributed by atoms with Crippen LogP contribution in [0, 0.1) is 10.1 Å².